The minimum Gasteiger partial charge on any atom is -0.290 e. The first kappa shape index (κ1) is 18.3. The quantitative estimate of drug-likeness (QED) is 0.796. The highest BCUT2D eigenvalue weighted by Crippen LogP contribution is 2.33. The topological polar surface area (TPSA) is 46.8 Å². The Hall–Kier alpha value is -1.46. The highest BCUT2D eigenvalue weighted by atomic mass is 35.5. The van der Waals surface area contributed by atoms with Crippen molar-refractivity contribution in [1.29, 1.82) is 0 Å². The molecule has 0 saturated carbocycles. The number of aromatic nitrogens is 4. The van der Waals surface area contributed by atoms with E-state index in [0.29, 0.717) is 0 Å². The monoisotopic (exact) mass is 361 g/mol. The van der Waals surface area contributed by atoms with Crippen molar-refractivity contribution in [1.82, 2.24) is 25.1 Å². The van der Waals surface area contributed by atoms with Crippen LogP contribution in [0.4, 0.5) is 0 Å². The van der Waals surface area contributed by atoms with Gasteiger partial charge in [0.25, 0.3) is 0 Å². The van der Waals surface area contributed by atoms with E-state index in [1.807, 2.05) is 16.8 Å². The maximum atomic E-state index is 6.11. The van der Waals surface area contributed by atoms with Crippen LogP contribution < -0.4 is 0 Å². The standard InChI is InChI=1S/C19H28ClN5/c1-5-19(3,4)25-18(21-22-23-25)17(15-6-8-16(20)9-7-15)24-12-10-14(2)11-13-24/h6-9,14,17H,5,10-13H2,1-4H3/t17-/m1/s1. The van der Waals surface area contributed by atoms with Crippen LogP contribution in [0.5, 0.6) is 0 Å². The van der Waals surface area contributed by atoms with Gasteiger partial charge >= 0.3 is 0 Å². The molecule has 2 heterocycles. The van der Waals surface area contributed by atoms with Gasteiger partial charge in [0, 0.05) is 5.02 Å². The molecule has 5 nitrogen and oxygen atoms in total. The Labute approximate surface area is 155 Å². The summed E-state index contributed by atoms with van der Waals surface area (Å²) in [6.45, 7) is 11.0. The predicted octanol–water partition coefficient (Wildman–Crippen LogP) is 4.29. The second-order valence-corrected chi connectivity index (χ2v) is 8.22. The first-order valence-corrected chi connectivity index (χ1v) is 9.58. The number of hydrogen-bond acceptors (Lipinski definition) is 4. The molecule has 0 radical (unpaired) electrons. The summed E-state index contributed by atoms with van der Waals surface area (Å²) in [6, 6.07) is 8.17. The highest BCUT2D eigenvalue weighted by molar-refractivity contribution is 6.30. The maximum Gasteiger partial charge on any atom is 0.173 e. The first-order chi connectivity index (χ1) is 11.9. The molecule has 0 amide bonds. The molecule has 6 heteroatoms. The third-order valence-corrected chi connectivity index (χ3v) is 5.80. The average Bonchev–Trinajstić information content (AvgIpc) is 3.09. The summed E-state index contributed by atoms with van der Waals surface area (Å²) in [5.74, 6) is 1.70. The Bertz CT molecular complexity index is 686. The Kier molecular flexibility index (Phi) is 5.44. The fourth-order valence-electron chi connectivity index (χ4n) is 3.40. The van der Waals surface area contributed by atoms with Gasteiger partial charge < -0.3 is 0 Å². The second kappa shape index (κ2) is 7.42. The normalized spacial score (nSPS) is 18.4. The molecule has 0 spiro atoms. The molecule has 136 valence electrons. The van der Waals surface area contributed by atoms with E-state index < -0.39 is 0 Å². The van der Waals surface area contributed by atoms with Gasteiger partial charge in [-0.2, -0.15) is 0 Å². The summed E-state index contributed by atoms with van der Waals surface area (Å²) in [4.78, 5) is 2.51. The van der Waals surface area contributed by atoms with Gasteiger partial charge in [-0.3, -0.25) is 4.90 Å². The van der Waals surface area contributed by atoms with Gasteiger partial charge in [0.05, 0.1) is 11.6 Å². The van der Waals surface area contributed by atoms with Crippen molar-refractivity contribution in [3.63, 3.8) is 0 Å². The minimum atomic E-state index is -0.118. The van der Waals surface area contributed by atoms with E-state index in [4.69, 9.17) is 11.6 Å². The number of hydrogen-bond donors (Lipinski definition) is 0. The summed E-state index contributed by atoms with van der Waals surface area (Å²) >= 11 is 6.11. The van der Waals surface area contributed by atoms with Gasteiger partial charge in [0.15, 0.2) is 5.82 Å². The number of halogens is 1. The van der Waals surface area contributed by atoms with E-state index >= 15 is 0 Å². The number of rotatable bonds is 5. The summed E-state index contributed by atoms with van der Waals surface area (Å²) < 4.78 is 2.00. The SMILES string of the molecule is CCC(C)(C)n1nnnc1[C@@H](c1ccc(Cl)cc1)N1CCC(C)CC1. The molecule has 1 aliphatic heterocycles. The fraction of sp³-hybridized carbons (Fsp3) is 0.632. The number of likely N-dealkylation sites (tertiary alicyclic amines) is 1. The number of piperidine rings is 1. The van der Waals surface area contributed by atoms with Crippen molar-refractivity contribution in [3.8, 4) is 0 Å². The average molecular weight is 362 g/mol. The lowest BCUT2D eigenvalue weighted by molar-refractivity contribution is 0.143. The molecule has 0 aliphatic carbocycles. The molecule has 1 fully saturated rings. The lowest BCUT2D eigenvalue weighted by atomic mass is 9.94. The van der Waals surface area contributed by atoms with Crippen molar-refractivity contribution in [2.45, 2.75) is 58.5 Å². The second-order valence-electron chi connectivity index (χ2n) is 7.79. The minimum absolute atomic E-state index is 0.0607. The predicted molar refractivity (Wildman–Crippen MR) is 101 cm³/mol. The zero-order valence-electron chi connectivity index (χ0n) is 15.6. The first-order valence-electron chi connectivity index (χ1n) is 9.20. The van der Waals surface area contributed by atoms with Gasteiger partial charge in [-0.1, -0.05) is 37.6 Å². The number of tetrazole rings is 1. The van der Waals surface area contributed by atoms with Crippen LogP contribution in [0.15, 0.2) is 24.3 Å². The van der Waals surface area contributed by atoms with Crippen LogP contribution in [0.25, 0.3) is 0 Å². The van der Waals surface area contributed by atoms with Gasteiger partial charge in [-0.25, -0.2) is 4.68 Å². The molecule has 2 aromatic rings. The van der Waals surface area contributed by atoms with Crippen LogP contribution in [0.2, 0.25) is 5.02 Å². The van der Waals surface area contributed by atoms with Gasteiger partial charge in [-0.15, -0.1) is 5.10 Å². The van der Waals surface area contributed by atoms with Crippen LogP contribution in [0, 0.1) is 5.92 Å². The maximum absolute atomic E-state index is 6.11. The number of nitrogens with zero attached hydrogens (tertiary/aromatic N) is 5. The van der Waals surface area contributed by atoms with E-state index in [1.54, 1.807) is 0 Å². The van der Waals surface area contributed by atoms with Gasteiger partial charge in [0.2, 0.25) is 0 Å². The number of benzene rings is 1. The molecule has 25 heavy (non-hydrogen) atoms. The van der Waals surface area contributed by atoms with Crippen LogP contribution in [0.1, 0.15) is 64.4 Å². The highest BCUT2D eigenvalue weighted by Gasteiger charge is 2.33. The van der Waals surface area contributed by atoms with Crippen LogP contribution in [-0.2, 0) is 5.54 Å². The molecule has 0 unspecified atom stereocenters. The van der Waals surface area contributed by atoms with E-state index in [-0.39, 0.29) is 11.6 Å². The third-order valence-electron chi connectivity index (χ3n) is 5.55. The fourth-order valence-corrected chi connectivity index (χ4v) is 3.53. The molecule has 0 bridgehead atoms. The third kappa shape index (κ3) is 3.87. The van der Waals surface area contributed by atoms with Crippen molar-refractivity contribution < 1.29 is 0 Å². The Morgan fingerprint density at radius 1 is 1.20 bits per heavy atom. The van der Waals surface area contributed by atoms with Crippen molar-refractivity contribution in [3.05, 3.63) is 40.7 Å². The van der Waals surface area contributed by atoms with E-state index in [9.17, 15) is 0 Å². The molecule has 1 atom stereocenters. The summed E-state index contributed by atoms with van der Waals surface area (Å²) in [5, 5.41) is 13.6. The molecule has 0 N–H and O–H groups in total. The lowest BCUT2D eigenvalue weighted by Gasteiger charge is -2.37. The zero-order valence-corrected chi connectivity index (χ0v) is 16.4. The summed E-state index contributed by atoms with van der Waals surface area (Å²) in [6.07, 6.45) is 3.39. The van der Waals surface area contributed by atoms with E-state index in [0.717, 1.165) is 36.3 Å². The van der Waals surface area contributed by atoms with E-state index in [2.05, 4.69) is 60.3 Å². The molecule has 1 aromatic heterocycles. The lowest BCUT2D eigenvalue weighted by Crippen LogP contribution is -2.40. The van der Waals surface area contributed by atoms with Gasteiger partial charge in [-0.05, 0) is 80.2 Å². The van der Waals surface area contributed by atoms with Crippen LogP contribution in [-0.4, -0.2) is 38.2 Å². The molecule has 1 saturated heterocycles. The smallest absolute Gasteiger partial charge is 0.173 e. The molecule has 1 aromatic carbocycles. The molecular formula is C19H28ClN5. The Morgan fingerprint density at radius 3 is 2.44 bits per heavy atom. The van der Waals surface area contributed by atoms with Crippen molar-refractivity contribution >= 4 is 11.6 Å². The molecular weight excluding hydrogens is 334 g/mol. The Balaban J connectivity index is 2.03. The summed E-state index contributed by atoms with van der Waals surface area (Å²) in [5.41, 5.74) is 1.08. The Morgan fingerprint density at radius 2 is 1.84 bits per heavy atom. The van der Waals surface area contributed by atoms with Crippen LogP contribution in [0.3, 0.4) is 0 Å². The summed E-state index contributed by atoms with van der Waals surface area (Å²) in [7, 11) is 0. The van der Waals surface area contributed by atoms with Crippen molar-refractivity contribution in [2.24, 2.45) is 5.92 Å². The zero-order chi connectivity index (χ0) is 18.0. The molecule has 1 aliphatic rings. The van der Waals surface area contributed by atoms with E-state index in [1.165, 1.54) is 18.4 Å². The van der Waals surface area contributed by atoms with Crippen molar-refractivity contribution in [2.75, 3.05) is 13.1 Å². The largest absolute Gasteiger partial charge is 0.290 e. The van der Waals surface area contributed by atoms with Gasteiger partial charge in [0.1, 0.15) is 0 Å². The molecule has 3 rings (SSSR count). The van der Waals surface area contributed by atoms with Crippen LogP contribution >= 0.6 is 11.6 Å².